The first kappa shape index (κ1) is 46.9. The summed E-state index contributed by atoms with van der Waals surface area (Å²) >= 11 is 0. The Hall–Kier alpha value is -5.15. The van der Waals surface area contributed by atoms with Crippen LogP contribution in [0.4, 0.5) is 11.4 Å². The van der Waals surface area contributed by atoms with Gasteiger partial charge in [-0.3, -0.25) is 9.98 Å². The Bertz CT molecular complexity index is 1780. The number of unbranched alkanes of at least 4 members (excludes halogenated alkanes) is 4. The van der Waals surface area contributed by atoms with E-state index in [0.29, 0.717) is 24.0 Å². The quantitative estimate of drug-likeness (QED) is 0.0429. The smallest absolute Gasteiger partial charge is 0.545 e. The van der Waals surface area contributed by atoms with Crippen molar-refractivity contribution in [2.24, 2.45) is 9.98 Å². The molecule has 0 saturated carbocycles. The van der Waals surface area contributed by atoms with E-state index in [1.54, 1.807) is 13.8 Å². The van der Waals surface area contributed by atoms with Crippen LogP contribution in [-0.2, 0) is 29.3 Å². The van der Waals surface area contributed by atoms with Gasteiger partial charge in [0.05, 0.1) is 34.7 Å². The largest absolute Gasteiger partial charge is 2.00 e. The number of aryl methyl sites for hydroxylation is 2. The predicted octanol–water partition coefficient (Wildman–Crippen LogP) is 7.96. The fraction of sp³-hybridized carbons (Fsp3) is 0.349. The molecule has 0 saturated heterocycles. The molecular weight excluding hydrogens is 731 g/mol. The molecular formula is C43H52N2NiO8. The second kappa shape index (κ2) is 24.2. The number of para-hydroxylation sites is 2. The summed E-state index contributed by atoms with van der Waals surface area (Å²) in [4.78, 5) is 31.1. The van der Waals surface area contributed by atoms with Gasteiger partial charge in [-0.05, 0) is 112 Å². The van der Waals surface area contributed by atoms with Crippen LogP contribution in [0.1, 0.15) is 116 Å². The van der Waals surface area contributed by atoms with Crippen LogP contribution in [0, 0.1) is 13.8 Å². The van der Waals surface area contributed by atoms with Gasteiger partial charge in [-0.2, -0.15) is 0 Å². The Morgan fingerprint density at radius 3 is 1.31 bits per heavy atom. The maximum absolute atomic E-state index is 10.9. The fourth-order valence-corrected chi connectivity index (χ4v) is 5.60. The second-order valence-electron chi connectivity index (χ2n) is 12.6. The van der Waals surface area contributed by atoms with E-state index in [2.05, 4.69) is 30.8 Å². The summed E-state index contributed by atoms with van der Waals surface area (Å²) in [6.07, 6.45) is 8.32. The van der Waals surface area contributed by atoms with E-state index in [4.69, 9.17) is 0 Å². The van der Waals surface area contributed by atoms with Crippen LogP contribution in [0.5, 0.6) is 23.0 Å². The third kappa shape index (κ3) is 14.4. The van der Waals surface area contributed by atoms with Crippen LogP contribution in [0.2, 0.25) is 0 Å². The van der Waals surface area contributed by atoms with Gasteiger partial charge in [0, 0.05) is 11.1 Å². The van der Waals surface area contributed by atoms with Crippen molar-refractivity contribution in [1.29, 1.82) is 0 Å². The molecule has 11 heteroatoms. The molecule has 0 radical (unpaired) electrons. The van der Waals surface area contributed by atoms with Crippen LogP contribution in [-0.4, -0.2) is 43.8 Å². The number of carbonyl (C=O) groups excluding carboxylic acids is 2. The van der Waals surface area contributed by atoms with Gasteiger partial charge in [0.1, 0.15) is 0 Å². The van der Waals surface area contributed by atoms with Crippen molar-refractivity contribution in [3.05, 3.63) is 106 Å². The van der Waals surface area contributed by atoms with Crippen molar-refractivity contribution >= 4 is 34.7 Å². The summed E-state index contributed by atoms with van der Waals surface area (Å²) in [6, 6.07) is 22.8. The number of phenols is 4. The summed E-state index contributed by atoms with van der Waals surface area (Å²) < 4.78 is 0. The molecule has 0 aliphatic carbocycles. The fourth-order valence-electron chi connectivity index (χ4n) is 5.60. The van der Waals surface area contributed by atoms with Gasteiger partial charge in [0.25, 0.3) is 0 Å². The van der Waals surface area contributed by atoms with E-state index in [0.717, 1.165) is 78.9 Å². The minimum Gasteiger partial charge on any atom is -0.545 e. The molecule has 0 aromatic heterocycles. The Morgan fingerprint density at radius 2 is 0.981 bits per heavy atom. The molecule has 0 unspecified atom stereocenters. The van der Waals surface area contributed by atoms with Gasteiger partial charge in [0.15, 0.2) is 23.0 Å². The molecule has 292 valence electrons. The summed E-state index contributed by atoms with van der Waals surface area (Å²) in [5.74, 6) is -4.95. The van der Waals surface area contributed by atoms with Gasteiger partial charge in [-0.1, -0.05) is 82.9 Å². The summed E-state index contributed by atoms with van der Waals surface area (Å²) in [5, 5.41) is 59.7. The number of nitrogens with zero attached hydrogens (tertiary/aromatic N) is 2. The predicted molar refractivity (Wildman–Crippen MR) is 207 cm³/mol. The molecule has 0 spiro atoms. The van der Waals surface area contributed by atoms with Gasteiger partial charge in [0.2, 0.25) is 0 Å². The number of aliphatic imine (C=N–C) groups is 2. The van der Waals surface area contributed by atoms with Crippen molar-refractivity contribution < 1.29 is 56.7 Å². The average molecular weight is 784 g/mol. The number of benzene rings is 4. The Balaban J connectivity index is 0.000000402. The minimum atomic E-state index is -1.47. The first-order valence-electron chi connectivity index (χ1n) is 18.0. The number of rotatable bonds is 14. The third-order valence-electron chi connectivity index (χ3n) is 8.63. The zero-order chi connectivity index (χ0) is 39.5. The van der Waals surface area contributed by atoms with Gasteiger partial charge >= 0.3 is 16.5 Å². The van der Waals surface area contributed by atoms with Crippen LogP contribution in [0.3, 0.4) is 0 Å². The van der Waals surface area contributed by atoms with Crippen LogP contribution >= 0.6 is 0 Å². The zero-order valence-electron chi connectivity index (χ0n) is 31.9. The minimum absolute atomic E-state index is 0. The van der Waals surface area contributed by atoms with E-state index in [1.165, 1.54) is 12.1 Å². The maximum atomic E-state index is 10.9. The molecule has 0 aliphatic rings. The third-order valence-corrected chi connectivity index (χ3v) is 8.63. The number of aromatic carboxylic acids is 2. The first-order valence-corrected chi connectivity index (χ1v) is 18.0. The summed E-state index contributed by atoms with van der Waals surface area (Å²) in [5.41, 5.74) is 5.74. The van der Waals surface area contributed by atoms with Crippen LogP contribution < -0.4 is 10.2 Å². The van der Waals surface area contributed by atoms with Crippen LogP contribution in [0.25, 0.3) is 0 Å². The zero-order valence-corrected chi connectivity index (χ0v) is 32.9. The molecule has 4 aromatic carbocycles. The van der Waals surface area contributed by atoms with Gasteiger partial charge < -0.3 is 40.2 Å². The maximum Gasteiger partial charge on any atom is 2.00 e. The average Bonchev–Trinajstić information content (AvgIpc) is 3.13. The number of phenolic OH excluding ortho intramolecular Hbond substituents is 2. The molecule has 4 rings (SSSR count). The molecule has 0 amide bonds. The van der Waals surface area contributed by atoms with E-state index in [-0.39, 0.29) is 27.6 Å². The second-order valence-corrected chi connectivity index (χ2v) is 12.6. The molecule has 10 nitrogen and oxygen atoms in total. The van der Waals surface area contributed by atoms with Crippen molar-refractivity contribution in [2.45, 2.75) is 99.3 Å². The van der Waals surface area contributed by atoms with E-state index in [9.17, 15) is 40.2 Å². The molecule has 0 aliphatic heterocycles. The number of carboxylic acids is 2. The first-order chi connectivity index (χ1) is 25.3. The number of hydrogen-bond acceptors (Lipinski definition) is 10. The summed E-state index contributed by atoms with van der Waals surface area (Å²) in [6.45, 7) is 11.5. The topological polar surface area (TPSA) is 186 Å². The van der Waals surface area contributed by atoms with E-state index in [1.807, 2.05) is 67.6 Å². The standard InChI is InChI=1S/C17H18N2.2C13H18O4.Ni/c1-3-17(19-16-12-8-5-9-13-16)14(2)18-15-10-6-4-7-11-15;2*1-3-4-5-6-9-7-10(14)12(15)11(8(9)2)13(16)17;/h4-13H,3H2,1-2H3;2*7,14-15H,3-6H2,1-2H3,(H,16,17);/q;;;+2/p-2. The van der Waals surface area contributed by atoms with E-state index >= 15 is 0 Å². The molecule has 4 aromatic rings. The van der Waals surface area contributed by atoms with Crippen molar-refractivity contribution in [3.8, 4) is 23.0 Å². The molecule has 0 fully saturated rings. The Morgan fingerprint density at radius 1 is 0.611 bits per heavy atom. The number of aromatic hydroxyl groups is 4. The number of hydrogen-bond donors (Lipinski definition) is 4. The summed E-state index contributed by atoms with van der Waals surface area (Å²) in [7, 11) is 0. The molecule has 0 bridgehead atoms. The Labute approximate surface area is 328 Å². The number of carbonyl (C=O) groups is 2. The van der Waals surface area contributed by atoms with Crippen molar-refractivity contribution in [1.82, 2.24) is 0 Å². The molecule has 0 heterocycles. The normalized spacial score (nSPS) is 11.0. The molecule has 54 heavy (non-hydrogen) atoms. The van der Waals surface area contributed by atoms with Gasteiger partial charge in [-0.15, -0.1) is 0 Å². The van der Waals surface area contributed by atoms with Gasteiger partial charge in [-0.25, -0.2) is 0 Å². The van der Waals surface area contributed by atoms with Crippen molar-refractivity contribution in [3.63, 3.8) is 0 Å². The molecule has 0 atom stereocenters. The monoisotopic (exact) mass is 782 g/mol. The SMILES string of the molecule is CCC(=Nc1ccccc1)C(C)=Nc1ccccc1.CCCCCc1cc(O)c(O)c(C(=O)[O-])c1C.CCCCCc1cc(O)c(O)c(C(=O)[O-])c1C.[Ni+2]. The van der Waals surface area contributed by atoms with Crippen LogP contribution in [0.15, 0.2) is 82.8 Å². The Kier molecular flexibility index (Phi) is 21.0. The number of carboxylic acid groups (broad SMARTS) is 2. The van der Waals surface area contributed by atoms with E-state index < -0.39 is 34.9 Å². The van der Waals surface area contributed by atoms with Crippen molar-refractivity contribution in [2.75, 3.05) is 0 Å². The molecule has 4 N–H and O–H groups in total.